The van der Waals surface area contributed by atoms with Gasteiger partial charge in [0.15, 0.2) is 0 Å². The number of amides is 1. The van der Waals surface area contributed by atoms with E-state index in [1.165, 1.54) is 30.2 Å². The summed E-state index contributed by atoms with van der Waals surface area (Å²) in [5.74, 6) is 1.22. The molecule has 0 spiro atoms. The Kier molecular flexibility index (Phi) is 5.98. The topological polar surface area (TPSA) is 60.2 Å². The summed E-state index contributed by atoms with van der Waals surface area (Å²) >= 11 is 1.42. The lowest BCUT2D eigenvalue weighted by atomic mass is 9.85. The Hall–Kier alpha value is -1.58. The van der Waals surface area contributed by atoms with Crippen molar-refractivity contribution in [2.75, 3.05) is 39.0 Å². The number of carbonyl (C=O) groups is 1. The average Bonchev–Trinajstić information content (AvgIpc) is 2.65. The van der Waals surface area contributed by atoms with Crippen molar-refractivity contribution in [2.45, 2.75) is 37.6 Å². The van der Waals surface area contributed by atoms with Gasteiger partial charge in [0, 0.05) is 31.9 Å². The third-order valence-corrected chi connectivity index (χ3v) is 6.32. The molecule has 1 amide bonds. The maximum atomic E-state index is 12.4. The quantitative estimate of drug-likeness (QED) is 0.773. The van der Waals surface area contributed by atoms with Gasteiger partial charge in [0.2, 0.25) is 5.91 Å². The van der Waals surface area contributed by atoms with E-state index in [0.717, 1.165) is 49.7 Å². The van der Waals surface area contributed by atoms with Crippen molar-refractivity contribution < 1.29 is 4.79 Å². The van der Waals surface area contributed by atoms with E-state index in [9.17, 15) is 10.1 Å². The fraction of sp³-hybridized carbons (Fsp3) is 0.632. The van der Waals surface area contributed by atoms with Crippen molar-refractivity contribution in [1.82, 2.24) is 14.8 Å². The highest BCUT2D eigenvalue weighted by atomic mass is 32.2. The number of likely N-dealkylation sites (N-methyl/N-ethyl adjacent to an activating group) is 1. The first-order chi connectivity index (χ1) is 12.1. The number of rotatable bonds is 4. The molecule has 25 heavy (non-hydrogen) atoms. The van der Waals surface area contributed by atoms with Crippen LogP contribution in [0.3, 0.4) is 0 Å². The van der Waals surface area contributed by atoms with Crippen LogP contribution in [0.2, 0.25) is 0 Å². The van der Waals surface area contributed by atoms with Gasteiger partial charge in [-0.15, -0.1) is 0 Å². The molecule has 0 saturated carbocycles. The number of aryl methyl sites for hydroxylation is 1. The minimum atomic E-state index is 0.146. The SMILES string of the molecule is CCC1CCc2nc(SCC(=O)N3CCN(C)CC3)c(C#N)cc2C1. The largest absolute Gasteiger partial charge is 0.339 e. The molecular formula is C19H26N4OS. The number of aromatic nitrogens is 1. The van der Waals surface area contributed by atoms with Gasteiger partial charge in [-0.05, 0) is 43.9 Å². The number of fused-ring (bicyclic) bond motifs is 1. The number of hydrogen-bond acceptors (Lipinski definition) is 5. The third-order valence-electron chi connectivity index (χ3n) is 5.34. The van der Waals surface area contributed by atoms with Gasteiger partial charge < -0.3 is 9.80 Å². The second-order valence-electron chi connectivity index (χ2n) is 7.05. The molecule has 134 valence electrons. The first-order valence-corrected chi connectivity index (χ1v) is 10.1. The van der Waals surface area contributed by atoms with Crippen LogP contribution in [0.5, 0.6) is 0 Å². The van der Waals surface area contributed by atoms with Crippen LogP contribution in [0, 0.1) is 17.2 Å². The van der Waals surface area contributed by atoms with E-state index >= 15 is 0 Å². The lowest BCUT2D eigenvalue weighted by Gasteiger charge is -2.32. The summed E-state index contributed by atoms with van der Waals surface area (Å²) in [6.07, 6.45) is 4.36. The van der Waals surface area contributed by atoms with Crippen molar-refractivity contribution in [3.8, 4) is 6.07 Å². The van der Waals surface area contributed by atoms with Crippen LogP contribution in [0.1, 0.15) is 36.6 Å². The van der Waals surface area contributed by atoms with E-state index in [1.807, 2.05) is 11.0 Å². The zero-order valence-corrected chi connectivity index (χ0v) is 15.9. The average molecular weight is 359 g/mol. The molecule has 0 bridgehead atoms. The predicted octanol–water partition coefficient (Wildman–Crippen LogP) is 2.33. The summed E-state index contributed by atoms with van der Waals surface area (Å²) < 4.78 is 0. The molecule has 1 atom stereocenters. The number of nitrogens with zero attached hydrogens (tertiary/aromatic N) is 4. The number of hydrogen-bond donors (Lipinski definition) is 0. The molecule has 1 aliphatic carbocycles. The lowest BCUT2D eigenvalue weighted by Crippen LogP contribution is -2.47. The van der Waals surface area contributed by atoms with E-state index in [-0.39, 0.29) is 5.91 Å². The van der Waals surface area contributed by atoms with Crippen LogP contribution in [-0.4, -0.2) is 59.7 Å². The van der Waals surface area contributed by atoms with Crippen molar-refractivity contribution in [2.24, 2.45) is 5.92 Å². The zero-order valence-electron chi connectivity index (χ0n) is 15.1. The number of carbonyl (C=O) groups excluding carboxylic acids is 1. The van der Waals surface area contributed by atoms with E-state index in [2.05, 4.69) is 24.9 Å². The van der Waals surface area contributed by atoms with Crippen LogP contribution in [-0.2, 0) is 17.6 Å². The molecule has 1 aromatic heterocycles. The highest BCUT2D eigenvalue weighted by molar-refractivity contribution is 7.99. The van der Waals surface area contributed by atoms with Crippen LogP contribution in [0.25, 0.3) is 0 Å². The summed E-state index contributed by atoms with van der Waals surface area (Å²) in [7, 11) is 2.08. The summed E-state index contributed by atoms with van der Waals surface area (Å²) in [5.41, 5.74) is 2.97. The molecule has 0 N–H and O–H groups in total. The molecule has 2 aliphatic rings. The Labute approximate surface area is 154 Å². The van der Waals surface area contributed by atoms with Crippen molar-refractivity contribution in [3.63, 3.8) is 0 Å². The molecule has 1 aromatic rings. The maximum Gasteiger partial charge on any atom is 0.233 e. The fourth-order valence-electron chi connectivity index (χ4n) is 3.54. The number of pyridine rings is 1. The minimum absolute atomic E-state index is 0.146. The van der Waals surface area contributed by atoms with Crippen LogP contribution >= 0.6 is 11.8 Å². The Morgan fingerprint density at radius 1 is 1.40 bits per heavy atom. The van der Waals surface area contributed by atoms with Crippen LogP contribution in [0.4, 0.5) is 0 Å². The standard InChI is InChI=1S/C19H26N4OS/c1-3-14-4-5-17-15(10-14)11-16(12-20)19(21-17)25-13-18(24)23-8-6-22(2)7-9-23/h11,14H,3-10,13H2,1-2H3. The molecule has 6 heteroatoms. The van der Waals surface area contributed by atoms with Gasteiger partial charge in [-0.3, -0.25) is 4.79 Å². The van der Waals surface area contributed by atoms with Crippen LogP contribution < -0.4 is 0 Å². The highest BCUT2D eigenvalue weighted by Crippen LogP contribution is 2.30. The second-order valence-corrected chi connectivity index (χ2v) is 8.01. The Balaban J connectivity index is 1.66. The van der Waals surface area contributed by atoms with E-state index < -0.39 is 0 Å². The maximum absolute atomic E-state index is 12.4. The minimum Gasteiger partial charge on any atom is -0.339 e. The lowest BCUT2D eigenvalue weighted by molar-refractivity contribution is -0.129. The Morgan fingerprint density at radius 2 is 2.16 bits per heavy atom. The van der Waals surface area contributed by atoms with Crippen LogP contribution in [0.15, 0.2) is 11.1 Å². The molecule has 3 rings (SSSR count). The van der Waals surface area contributed by atoms with Gasteiger partial charge in [-0.2, -0.15) is 5.26 Å². The number of piperazine rings is 1. The van der Waals surface area contributed by atoms with Crippen molar-refractivity contribution >= 4 is 17.7 Å². The Morgan fingerprint density at radius 3 is 2.84 bits per heavy atom. The molecule has 1 unspecified atom stereocenters. The molecule has 1 saturated heterocycles. The number of nitriles is 1. The molecular weight excluding hydrogens is 332 g/mol. The predicted molar refractivity (Wildman–Crippen MR) is 99.6 cm³/mol. The molecule has 1 fully saturated rings. The molecule has 1 aliphatic heterocycles. The van der Waals surface area contributed by atoms with Crippen molar-refractivity contribution in [3.05, 3.63) is 22.9 Å². The van der Waals surface area contributed by atoms with Gasteiger partial charge in [-0.1, -0.05) is 25.1 Å². The van der Waals surface area contributed by atoms with E-state index in [0.29, 0.717) is 17.2 Å². The summed E-state index contributed by atoms with van der Waals surface area (Å²) in [5, 5.41) is 10.2. The first-order valence-electron chi connectivity index (χ1n) is 9.12. The summed E-state index contributed by atoms with van der Waals surface area (Å²) in [6.45, 7) is 5.65. The molecule has 0 radical (unpaired) electrons. The molecule has 2 heterocycles. The molecule has 0 aromatic carbocycles. The van der Waals surface area contributed by atoms with E-state index in [4.69, 9.17) is 4.98 Å². The van der Waals surface area contributed by atoms with Gasteiger partial charge >= 0.3 is 0 Å². The number of thioether (sulfide) groups is 1. The monoisotopic (exact) mass is 358 g/mol. The zero-order chi connectivity index (χ0) is 17.8. The highest BCUT2D eigenvalue weighted by Gasteiger charge is 2.23. The summed E-state index contributed by atoms with van der Waals surface area (Å²) in [6, 6.07) is 4.28. The first kappa shape index (κ1) is 18.2. The van der Waals surface area contributed by atoms with Gasteiger partial charge in [0.05, 0.1) is 11.3 Å². The van der Waals surface area contributed by atoms with Gasteiger partial charge in [0.25, 0.3) is 0 Å². The second kappa shape index (κ2) is 8.20. The third kappa shape index (κ3) is 4.34. The normalized spacial score (nSPS) is 20.8. The van der Waals surface area contributed by atoms with E-state index in [1.54, 1.807) is 0 Å². The molecule has 5 nitrogen and oxygen atoms in total. The Bertz CT molecular complexity index is 677. The summed E-state index contributed by atoms with van der Waals surface area (Å²) in [4.78, 5) is 21.3. The fourth-order valence-corrected chi connectivity index (χ4v) is 4.41. The van der Waals surface area contributed by atoms with Gasteiger partial charge in [0.1, 0.15) is 11.1 Å². The smallest absolute Gasteiger partial charge is 0.233 e. The van der Waals surface area contributed by atoms with Gasteiger partial charge in [-0.25, -0.2) is 4.98 Å². The van der Waals surface area contributed by atoms with Crippen molar-refractivity contribution in [1.29, 1.82) is 5.26 Å².